The van der Waals surface area contributed by atoms with Crippen molar-refractivity contribution >= 4 is 23.2 Å². The Balaban J connectivity index is 2.21. The van der Waals surface area contributed by atoms with Crippen LogP contribution < -0.4 is 5.32 Å². The molecule has 0 spiro atoms. The van der Waals surface area contributed by atoms with Crippen LogP contribution in [-0.2, 0) is 0 Å². The predicted molar refractivity (Wildman–Crippen MR) is 72.4 cm³/mol. The van der Waals surface area contributed by atoms with Crippen LogP contribution in [0, 0.1) is 16.0 Å². The van der Waals surface area contributed by atoms with E-state index >= 15 is 0 Å². The molecule has 0 heterocycles. The Morgan fingerprint density at radius 2 is 2.21 bits per heavy atom. The summed E-state index contributed by atoms with van der Waals surface area (Å²) in [5.74, 6) is 0.114. The van der Waals surface area contributed by atoms with Crippen LogP contribution in [0.4, 0.5) is 5.69 Å². The maximum Gasteiger partial charge on any atom is 0.283 e. The van der Waals surface area contributed by atoms with Crippen molar-refractivity contribution in [3.05, 3.63) is 38.9 Å². The third-order valence-electron chi connectivity index (χ3n) is 3.45. The molecule has 1 aliphatic rings. The van der Waals surface area contributed by atoms with Crippen LogP contribution in [0.25, 0.3) is 0 Å². The summed E-state index contributed by atoms with van der Waals surface area (Å²) < 4.78 is 0. The number of nitrogens with zero attached hydrogens (tertiary/aromatic N) is 1. The van der Waals surface area contributed by atoms with Crippen molar-refractivity contribution in [1.82, 2.24) is 5.32 Å². The summed E-state index contributed by atoms with van der Waals surface area (Å²) in [5.41, 5.74) is -0.301. The molecule has 1 saturated carbocycles. The highest BCUT2D eigenvalue weighted by Crippen LogP contribution is 2.28. The monoisotopic (exact) mass is 282 g/mol. The van der Waals surface area contributed by atoms with Gasteiger partial charge in [0.1, 0.15) is 5.56 Å². The van der Waals surface area contributed by atoms with Crippen molar-refractivity contribution < 1.29 is 9.72 Å². The number of hydrogen-bond acceptors (Lipinski definition) is 3. The molecule has 2 unspecified atom stereocenters. The maximum absolute atomic E-state index is 12.2. The van der Waals surface area contributed by atoms with Crippen LogP contribution in [-0.4, -0.2) is 16.9 Å². The molecule has 1 amide bonds. The third-order valence-corrected chi connectivity index (χ3v) is 3.76. The molecule has 2 rings (SSSR count). The number of rotatable bonds is 3. The minimum Gasteiger partial charge on any atom is -0.349 e. The minimum absolute atomic E-state index is 0.0475. The van der Waals surface area contributed by atoms with Crippen molar-refractivity contribution in [1.29, 1.82) is 0 Å². The first kappa shape index (κ1) is 13.8. The number of carbonyl (C=O) groups is 1. The lowest BCUT2D eigenvalue weighted by atomic mass is 10.1. The summed E-state index contributed by atoms with van der Waals surface area (Å²) in [6.45, 7) is 2.13. The lowest BCUT2D eigenvalue weighted by Gasteiger charge is -2.13. The molecule has 1 fully saturated rings. The molecule has 2 atom stereocenters. The quantitative estimate of drug-likeness (QED) is 0.683. The summed E-state index contributed by atoms with van der Waals surface area (Å²) in [7, 11) is 0. The van der Waals surface area contributed by atoms with Gasteiger partial charge in [0, 0.05) is 12.1 Å². The Labute approximate surface area is 116 Å². The second-order valence-electron chi connectivity index (χ2n) is 4.98. The fraction of sp³-hybridized carbons (Fsp3) is 0.462. The lowest BCUT2D eigenvalue weighted by molar-refractivity contribution is -0.385. The molecule has 0 aromatic heterocycles. The number of amides is 1. The smallest absolute Gasteiger partial charge is 0.283 e. The normalized spacial score (nSPS) is 22.2. The van der Waals surface area contributed by atoms with E-state index in [1.807, 2.05) is 0 Å². The van der Waals surface area contributed by atoms with Crippen LogP contribution in [0.15, 0.2) is 18.2 Å². The zero-order valence-electron chi connectivity index (χ0n) is 10.6. The first-order valence-electron chi connectivity index (χ1n) is 6.22. The fourth-order valence-electron chi connectivity index (χ4n) is 2.49. The summed E-state index contributed by atoms with van der Waals surface area (Å²) in [4.78, 5) is 22.5. The molecule has 0 saturated heterocycles. The van der Waals surface area contributed by atoms with Crippen LogP contribution in [0.3, 0.4) is 0 Å². The summed E-state index contributed by atoms with van der Waals surface area (Å²) >= 11 is 5.92. The van der Waals surface area contributed by atoms with E-state index in [9.17, 15) is 14.9 Å². The second kappa shape index (κ2) is 5.57. The molecule has 1 aliphatic carbocycles. The van der Waals surface area contributed by atoms with E-state index in [1.165, 1.54) is 18.2 Å². The Morgan fingerprint density at radius 3 is 2.79 bits per heavy atom. The lowest BCUT2D eigenvalue weighted by Crippen LogP contribution is -2.33. The number of hydrogen-bond donors (Lipinski definition) is 1. The zero-order chi connectivity index (χ0) is 14.0. The van der Waals surface area contributed by atoms with Crippen molar-refractivity contribution in [2.75, 3.05) is 0 Å². The van der Waals surface area contributed by atoms with Gasteiger partial charge < -0.3 is 5.32 Å². The Kier molecular flexibility index (Phi) is 4.04. The highest BCUT2D eigenvalue weighted by molar-refractivity contribution is 6.34. The predicted octanol–water partition coefficient (Wildman–Crippen LogP) is 3.17. The first-order valence-corrected chi connectivity index (χ1v) is 6.60. The topological polar surface area (TPSA) is 72.2 Å². The Bertz CT molecular complexity index is 519. The van der Waals surface area contributed by atoms with E-state index in [0.717, 1.165) is 19.3 Å². The molecule has 102 valence electrons. The molecular weight excluding hydrogens is 268 g/mol. The summed E-state index contributed by atoms with van der Waals surface area (Å²) in [6.07, 6.45) is 2.88. The van der Waals surface area contributed by atoms with E-state index in [1.54, 1.807) is 0 Å². The Hall–Kier alpha value is -1.62. The zero-order valence-corrected chi connectivity index (χ0v) is 11.3. The summed E-state index contributed by atoms with van der Waals surface area (Å²) in [5, 5.41) is 13.9. The van der Waals surface area contributed by atoms with Crippen LogP contribution >= 0.6 is 11.6 Å². The Morgan fingerprint density at radius 1 is 1.47 bits per heavy atom. The van der Waals surface area contributed by atoms with Crippen molar-refractivity contribution in [3.63, 3.8) is 0 Å². The molecule has 0 aliphatic heterocycles. The van der Waals surface area contributed by atoms with Gasteiger partial charge in [-0.3, -0.25) is 14.9 Å². The molecule has 5 nitrogen and oxygen atoms in total. The van der Waals surface area contributed by atoms with E-state index in [0.29, 0.717) is 5.92 Å². The highest BCUT2D eigenvalue weighted by atomic mass is 35.5. The van der Waals surface area contributed by atoms with Crippen molar-refractivity contribution in [2.45, 2.75) is 32.2 Å². The van der Waals surface area contributed by atoms with Gasteiger partial charge in [-0.25, -0.2) is 0 Å². The van der Waals surface area contributed by atoms with Gasteiger partial charge in [0.05, 0.1) is 9.95 Å². The molecule has 1 aromatic carbocycles. The highest BCUT2D eigenvalue weighted by Gasteiger charge is 2.28. The molecule has 1 N–H and O–H groups in total. The number of nitro benzene ring substituents is 1. The van der Waals surface area contributed by atoms with Gasteiger partial charge in [0.25, 0.3) is 11.6 Å². The van der Waals surface area contributed by atoms with E-state index in [2.05, 4.69) is 12.2 Å². The number of carbonyl (C=O) groups excluding carboxylic acids is 1. The number of halogens is 1. The fourth-order valence-corrected chi connectivity index (χ4v) is 2.74. The van der Waals surface area contributed by atoms with Crippen LogP contribution in [0.5, 0.6) is 0 Å². The van der Waals surface area contributed by atoms with Gasteiger partial charge in [-0.05, 0) is 31.2 Å². The minimum atomic E-state index is -0.585. The molecular formula is C13H15ClN2O3. The molecule has 6 heteroatoms. The SMILES string of the molecule is CC1CCC(NC(=O)c2c(Cl)cccc2[N+](=O)[O-])C1. The first-order chi connectivity index (χ1) is 8.99. The standard InChI is InChI=1S/C13H15ClN2O3/c1-8-5-6-9(7-8)15-13(17)12-10(14)3-2-4-11(12)16(18)19/h2-4,8-9H,5-7H2,1H3,(H,15,17). The van der Waals surface area contributed by atoms with E-state index < -0.39 is 10.8 Å². The van der Waals surface area contributed by atoms with Crippen LogP contribution in [0.2, 0.25) is 5.02 Å². The van der Waals surface area contributed by atoms with Gasteiger partial charge in [0.15, 0.2) is 0 Å². The van der Waals surface area contributed by atoms with Gasteiger partial charge in [-0.15, -0.1) is 0 Å². The van der Waals surface area contributed by atoms with Gasteiger partial charge >= 0.3 is 0 Å². The molecule has 19 heavy (non-hydrogen) atoms. The average Bonchev–Trinajstić information content (AvgIpc) is 2.74. The van der Waals surface area contributed by atoms with Gasteiger partial charge in [-0.1, -0.05) is 24.6 Å². The number of benzene rings is 1. The third kappa shape index (κ3) is 3.04. The molecule has 0 radical (unpaired) electrons. The van der Waals surface area contributed by atoms with Crippen molar-refractivity contribution in [2.24, 2.45) is 5.92 Å². The largest absolute Gasteiger partial charge is 0.349 e. The second-order valence-corrected chi connectivity index (χ2v) is 5.39. The average molecular weight is 283 g/mol. The van der Waals surface area contributed by atoms with Crippen LogP contribution in [0.1, 0.15) is 36.5 Å². The van der Waals surface area contributed by atoms with E-state index in [4.69, 9.17) is 11.6 Å². The van der Waals surface area contributed by atoms with Crippen molar-refractivity contribution in [3.8, 4) is 0 Å². The number of nitro groups is 1. The van der Waals surface area contributed by atoms with Gasteiger partial charge in [-0.2, -0.15) is 0 Å². The molecule has 1 aromatic rings. The maximum atomic E-state index is 12.2. The van der Waals surface area contributed by atoms with E-state index in [-0.39, 0.29) is 22.3 Å². The molecule has 0 bridgehead atoms. The van der Waals surface area contributed by atoms with Gasteiger partial charge in [0.2, 0.25) is 0 Å². The number of nitrogens with one attached hydrogen (secondary N) is 1. The summed E-state index contributed by atoms with van der Waals surface area (Å²) in [6, 6.07) is 4.33.